The fourth-order valence-corrected chi connectivity index (χ4v) is 3.85. The number of methoxy groups -OCH3 is 1. The molecule has 0 saturated carbocycles. The van der Waals surface area contributed by atoms with Crippen LogP contribution in [-0.2, 0) is 16.1 Å². The first kappa shape index (κ1) is 23.9. The second-order valence-electron chi connectivity index (χ2n) is 8.53. The number of hydrogen-bond donors (Lipinski definition) is 1. The number of anilines is 1. The first-order valence-corrected chi connectivity index (χ1v) is 11.4. The minimum absolute atomic E-state index is 0.0850. The highest BCUT2D eigenvalue weighted by atomic mass is 16.5. The average molecular weight is 473 g/mol. The summed E-state index contributed by atoms with van der Waals surface area (Å²) in [6.07, 6.45) is -0.272. The van der Waals surface area contributed by atoms with Crippen LogP contribution in [0.3, 0.4) is 0 Å². The van der Waals surface area contributed by atoms with Crippen molar-refractivity contribution < 1.29 is 19.1 Å². The number of carbonyl (C=O) groups is 2. The molecule has 1 N–H and O–H groups in total. The van der Waals surface area contributed by atoms with Gasteiger partial charge in [-0.2, -0.15) is 0 Å². The minimum atomic E-state index is -1.17. The molecule has 3 aromatic rings. The van der Waals surface area contributed by atoms with E-state index in [-0.39, 0.29) is 18.4 Å². The van der Waals surface area contributed by atoms with Crippen molar-refractivity contribution in [1.29, 1.82) is 0 Å². The summed E-state index contributed by atoms with van der Waals surface area (Å²) >= 11 is 0. The van der Waals surface area contributed by atoms with E-state index in [4.69, 9.17) is 14.5 Å². The molecule has 1 aliphatic rings. The molecule has 0 bridgehead atoms. The zero-order valence-corrected chi connectivity index (χ0v) is 20.0. The van der Waals surface area contributed by atoms with E-state index in [2.05, 4.69) is 10.3 Å². The maximum Gasteiger partial charge on any atom is 0.409 e. The molecule has 1 aromatic heterocycles. The number of aromatic nitrogens is 1. The molecule has 1 aliphatic heterocycles. The Hall–Kier alpha value is -4.20. The van der Waals surface area contributed by atoms with Gasteiger partial charge >= 0.3 is 6.09 Å². The number of carbonyl (C=O) groups excluding carboxylic acids is 2. The highest BCUT2D eigenvalue weighted by Gasteiger charge is 2.33. The molecule has 0 spiro atoms. The number of rotatable bonds is 7. The zero-order valence-electron chi connectivity index (χ0n) is 20.0. The number of aliphatic imine (C=N–C) groups is 1. The van der Waals surface area contributed by atoms with Crippen molar-refractivity contribution in [2.45, 2.75) is 26.6 Å². The standard InChI is InChI=1S/C27H28N4O4/c1-18(2)16-31-22-12-8-7-11-21(22)24(20-13-14-28-23(15-20)34-3)29-25(26(31)32)30-27(33)35-17-19-9-5-4-6-10-19/h4-15,18,25H,16-17H2,1-3H3,(H,30,33)/t25-/m0/s1. The van der Waals surface area contributed by atoms with Gasteiger partial charge in [-0.15, -0.1) is 0 Å². The lowest BCUT2D eigenvalue weighted by atomic mass is 10.0. The number of ether oxygens (including phenoxy) is 2. The fraction of sp³-hybridized carbons (Fsp3) is 0.259. The van der Waals surface area contributed by atoms with Crippen molar-refractivity contribution in [3.63, 3.8) is 0 Å². The Bertz CT molecular complexity index is 1230. The molecule has 2 aromatic carbocycles. The Kier molecular flexibility index (Phi) is 7.40. The highest BCUT2D eigenvalue weighted by molar-refractivity contribution is 6.20. The third-order valence-electron chi connectivity index (χ3n) is 5.44. The number of nitrogens with zero attached hydrogens (tertiary/aromatic N) is 3. The van der Waals surface area contributed by atoms with Gasteiger partial charge in [-0.1, -0.05) is 62.4 Å². The van der Waals surface area contributed by atoms with Crippen molar-refractivity contribution >= 4 is 23.4 Å². The lowest BCUT2D eigenvalue weighted by molar-refractivity contribution is -0.120. The minimum Gasteiger partial charge on any atom is -0.481 e. The topological polar surface area (TPSA) is 93.1 Å². The van der Waals surface area contributed by atoms with Crippen LogP contribution in [0.4, 0.5) is 10.5 Å². The van der Waals surface area contributed by atoms with Crippen LogP contribution in [0.15, 0.2) is 77.9 Å². The third-order valence-corrected chi connectivity index (χ3v) is 5.44. The summed E-state index contributed by atoms with van der Waals surface area (Å²) in [6, 6.07) is 20.5. The Balaban J connectivity index is 1.71. The molecule has 0 unspecified atom stereocenters. The third kappa shape index (κ3) is 5.66. The number of hydrogen-bond acceptors (Lipinski definition) is 6. The van der Waals surface area contributed by atoms with E-state index in [9.17, 15) is 9.59 Å². The zero-order chi connectivity index (χ0) is 24.8. The van der Waals surface area contributed by atoms with Gasteiger partial charge in [0.05, 0.1) is 18.5 Å². The van der Waals surface area contributed by atoms with Crippen molar-refractivity contribution in [3.8, 4) is 5.88 Å². The van der Waals surface area contributed by atoms with Gasteiger partial charge in [0.15, 0.2) is 0 Å². The maximum atomic E-state index is 13.7. The molecule has 8 nitrogen and oxygen atoms in total. The summed E-state index contributed by atoms with van der Waals surface area (Å²) in [5.41, 5.74) is 3.61. The molecule has 0 fully saturated rings. The highest BCUT2D eigenvalue weighted by Crippen LogP contribution is 2.29. The molecule has 8 heteroatoms. The summed E-state index contributed by atoms with van der Waals surface area (Å²) in [5, 5.41) is 2.66. The van der Waals surface area contributed by atoms with Crippen molar-refractivity contribution in [1.82, 2.24) is 10.3 Å². The average Bonchev–Trinajstić information content (AvgIpc) is 2.98. The Morgan fingerprint density at radius 2 is 1.83 bits per heavy atom. The quantitative estimate of drug-likeness (QED) is 0.557. The molecule has 1 atom stereocenters. The molecular formula is C27H28N4O4. The molecular weight excluding hydrogens is 444 g/mol. The van der Waals surface area contributed by atoms with Gasteiger partial charge in [0.1, 0.15) is 6.61 Å². The first-order valence-electron chi connectivity index (χ1n) is 11.4. The number of fused-ring (bicyclic) bond motifs is 1. The van der Waals surface area contributed by atoms with Gasteiger partial charge in [-0.05, 0) is 23.6 Å². The van der Waals surface area contributed by atoms with E-state index in [0.29, 0.717) is 23.7 Å². The second-order valence-corrected chi connectivity index (χ2v) is 8.53. The van der Waals surface area contributed by atoms with Gasteiger partial charge < -0.3 is 14.4 Å². The fourth-order valence-electron chi connectivity index (χ4n) is 3.85. The van der Waals surface area contributed by atoms with Crippen LogP contribution < -0.4 is 15.0 Å². The number of benzodiazepines with no additional fused rings is 1. The van der Waals surface area contributed by atoms with E-state index >= 15 is 0 Å². The smallest absolute Gasteiger partial charge is 0.409 e. The number of nitrogens with one attached hydrogen (secondary N) is 1. The van der Waals surface area contributed by atoms with E-state index in [0.717, 1.165) is 16.8 Å². The van der Waals surface area contributed by atoms with Crippen molar-refractivity contribution in [3.05, 3.63) is 89.6 Å². The second kappa shape index (κ2) is 10.8. The van der Waals surface area contributed by atoms with E-state index < -0.39 is 12.3 Å². The van der Waals surface area contributed by atoms with Crippen LogP contribution in [0.5, 0.6) is 5.88 Å². The summed E-state index contributed by atoms with van der Waals surface area (Å²) in [4.78, 5) is 36.9. The monoisotopic (exact) mass is 472 g/mol. The van der Waals surface area contributed by atoms with Crippen LogP contribution in [-0.4, -0.2) is 42.5 Å². The van der Waals surface area contributed by atoms with Gasteiger partial charge in [-0.25, -0.2) is 14.8 Å². The number of benzene rings is 2. The molecule has 2 heterocycles. The summed E-state index contributed by atoms with van der Waals surface area (Å²) < 4.78 is 10.7. The van der Waals surface area contributed by atoms with E-state index in [1.165, 1.54) is 7.11 Å². The summed E-state index contributed by atoms with van der Waals surface area (Å²) in [6.45, 7) is 4.62. The molecule has 0 radical (unpaired) electrons. The molecule has 0 saturated heterocycles. The van der Waals surface area contributed by atoms with Crippen molar-refractivity contribution in [2.75, 3.05) is 18.6 Å². The van der Waals surface area contributed by atoms with Crippen LogP contribution in [0.25, 0.3) is 0 Å². The van der Waals surface area contributed by atoms with Gasteiger partial charge in [0.25, 0.3) is 5.91 Å². The Morgan fingerprint density at radius 1 is 1.09 bits per heavy atom. The van der Waals surface area contributed by atoms with Crippen LogP contribution in [0.1, 0.15) is 30.5 Å². The van der Waals surface area contributed by atoms with Gasteiger partial charge in [-0.3, -0.25) is 10.1 Å². The van der Waals surface area contributed by atoms with Gasteiger partial charge in [0.2, 0.25) is 12.0 Å². The maximum absolute atomic E-state index is 13.7. The van der Waals surface area contributed by atoms with Crippen LogP contribution >= 0.6 is 0 Å². The number of alkyl carbamates (subject to hydrolysis) is 1. The molecule has 4 rings (SSSR count). The Morgan fingerprint density at radius 3 is 2.57 bits per heavy atom. The number of para-hydroxylation sites is 1. The lowest BCUT2D eigenvalue weighted by Crippen LogP contribution is -2.48. The molecule has 180 valence electrons. The van der Waals surface area contributed by atoms with E-state index in [1.54, 1.807) is 23.2 Å². The van der Waals surface area contributed by atoms with E-state index in [1.807, 2.05) is 68.4 Å². The largest absolute Gasteiger partial charge is 0.481 e. The summed E-state index contributed by atoms with van der Waals surface area (Å²) in [7, 11) is 1.54. The van der Waals surface area contributed by atoms with Gasteiger partial charge in [0, 0.05) is 29.9 Å². The predicted octanol–water partition coefficient (Wildman–Crippen LogP) is 4.18. The van der Waals surface area contributed by atoms with Crippen molar-refractivity contribution in [2.24, 2.45) is 10.9 Å². The molecule has 0 aliphatic carbocycles. The predicted molar refractivity (Wildman–Crippen MR) is 134 cm³/mol. The summed E-state index contributed by atoms with van der Waals surface area (Å²) in [5.74, 6) is 0.281. The normalized spacial score (nSPS) is 15.2. The SMILES string of the molecule is COc1cc(C2=N[C@@H](NC(=O)OCc3ccccc3)C(=O)N(CC(C)C)c3ccccc32)ccn1. The molecule has 2 amide bonds. The number of pyridine rings is 1. The molecule has 35 heavy (non-hydrogen) atoms. The number of amides is 2. The van der Waals surface area contributed by atoms with Crippen LogP contribution in [0, 0.1) is 5.92 Å². The van der Waals surface area contributed by atoms with Crippen LogP contribution in [0.2, 0.25) is 0 Å². The Labute approximate surface area is 204 Å². The first-order chi connectivity index (χ1) is 17.0. The lowest BCUT2D eigenvalue weighted by Gasteiger charge is -2.27.